The van der Waals surface area contributed by atoms with Crippen LogP contribution in [0.15, 0.2) is 35.4 Å². The van der Waals surface area contributed by atoms with E-state index in [9.17, 15) is 5.26 Å². The van der Waals surface area contributed by atoms with Crippen LogP contribution in [0.25, 0.3) is 0 Å². The lowest BCUT2D eigenvalue weighted by molar-refractivity contribution is 0.197. The number of para-hydroxylation sites is 1. The second kappa shape index (κ2) is 6.60. The van der Waals surface area contributed by atoms with Crippen LogP contribution in [0, 0.1) is 28.6 Å². The maximum Gasteiger partial charge on any atom is 0.0673 e. The molecule has 2 bridgehead atoms. The molecule has 5 nitrogen and oxygen atoms in total. The standard InChI is InChI=1S/C17H19N5/c18-9-4-10-22-16-8-7-15(17(22)11-13(16)12-19)21-20-14-5-2-1-3-6-14/h1-3,5-6,13,16-17,20H,4,7-8,10-11H2. The van der Waals surface area contributed by atoms with Crippen molar-refractivity contribution in [2.24, 2.45) is 11.0 Å². The minimum absolute atomic E-state index is 0.0631. The van der Waals surface area contributed by atoms with Gasteiger partial charge in [-0.1, -0.05) is 18.2 Å². The topological polar surface area (TPSA) is 75.2 Å². The first kappa shape index (κ1) is 14.6. The molecule has 0 saturated carbocycles. The summed E-state index contributed by atoms with van der Waals surface area (Å²) in [4.78, 5) is 2.31. The number of rotatable bonds is 4. The van der Waals surface area contributed by atoms with E-state index in [1.807, 2.05) is 30.3 Å². The van der Waals surface area contributed by atoms with Crippen molar-refractivity contribution in [3.05, 3.63) is 30.3 Å². The predicted molar refractivity (Wildman–Crippen MR) is 85.0 cm³/mol. The van der Waals surface area contributed by atoms with Crippen LogP contribution in [0.2, 0.25) is 0 Å². The van der Waals surface area contributed by atoms with E-state index in [1.165, 1.54) is 0 Å². The number of benzene rings is 1. The maximum atomic E-state index is 9.35. The Balaban J connectivity index is 1.76. The number of fused-ring (bicyclic) bond motifs is 2. The summed E-state index contributed by atoms with van der Waals surface area (Å²) < 4.78 is 0. The fourth-order valence-electron chi connectivity index (χ4n) is 3.57. The average molecular weight is 293 g/mol. The molecule has 112 valence electrons. The zero-order chi connectivity index (χ0) is 15.4. The molecular weight excluding hydrogens is 274 g/mol. The molecule has 3 rings (SSSR count). The van der Waals surface area contributed by atoms with Crippen molar-refractivity contribution < 1.29 is 0 Å². The molecule has 0 amide bonds. The molecule has 3 atom stereocenters. The van der Waals surface area contributed by atoms with E-state index < -0.39 is 0 Å². The number of hydrogen-bond acceptors (Lipinski definition) is 5. The van der Waals surface area contributed by atoms with Gasteiger partial charge in [0.05, 0.1) is 35.5 Å². The summed E-state index contributed by atoms with van der Waals surface area (Å²) in [6.45, 7) is 0.731. The first-order valence-electron chi connectivity index (χ1n) is 7.73. The van der Waals surface area contributed by atoms with Crippen LogP contribution in [0.5, 0.6) is 0 Å². The number of hydrazone groups is 1. The van der Waals surface area contributed by atoms with Gasteiger partial charge in [-0.15, -0.1) is 0 Å². The van der Waals surface area contributed by atoms with Gasteiger partial charge in [0, 0.05) is 19.0 Å². The van der Waals surface area contributed by atoms with Crippen LogP contribution in [0.3, 0.4) is 0 Å². The summed E-state index contributed by atoms with van der Waals surface area (Å²) in [6, 6.07) is 15.0. The minimum atomic E-state index is 0.0631. The fraction of sp³-hybridized carbons (Fsp3) is 0.471. The first-order valence-corrected chi connectivity index (χ1v) is 7.73. The Hall–Kier alpha value is -2.37. The molecule has 0 aliphatic carbocycles. The van der Waals surface area contributed by atoms with Crippen LogP contribution in [0.1, 0.15) is 25.7 Å². The molecule has 1 N–H and O–H groups in total. The molecule has 2 aliphatic rings. The second-order valence-corrected chi connectivity index (χ2v) is 5.82. The number of nitrogens with one attached hydrogen (secondary N) is 1. The molecule has 22 heavy (non-hydrogen) atoms. The average Bonchev–Trinajstić information content (AvgIpc) is 2.81. The summed E-state index contributed by atoms with van der Waals surface area (Å²) >= 11 is 0. The molecule has 0 spiro atoms. The van der Waals surface area contributed by atoms with Crippen LogP contribution >= 0.6 is 0 Å². The zero-order valence-electron chi connectivity index (χ0n) is 12.4. The lowest BCUT2D eigenvalue weighted by Crippen LogP contribution is -2.46. The van der Waals surface area contributed by atoms with Gasteiger partial charge in [-0.05, 0) is 31.4 Å². The van der Waals surface area contributed by atoms with Gasteiger partial charge in [-0.25, -0.2) is 0 Å². The van der Waals surface area contributed by atoms with Crippen molar-refractivity contribution in [2.45, 2.75) is 37.8 Å². The normalized spacial score (nSPS) is 29.0. The lowest BCUT2D eigenvalue weighted by Gasteiger charge is -2.35. The quantitative estimate of drug-likeness (QED) is 0.866. The molecule has 5 heteroatoms. The smallest absolute Gasteiger partial charge is 0.0673 e. The van der Waals surface area contributed by atoms with Gasteiger partial charge in [0.2, 0.25) is 0 Å². The van der Waals surface area contributed by atoms with E-state index in [-0.39, 0.29) is 12.0 Å². The number of nitriles is 2. The number of hydrogen-bond donors (Lipinski definition) is 1. The summed E-state index contributed by atoms with van der Waals surface area (Å²) in [6.07, 6.45) is 3.22. The monoisotopic (exact) mass is 293 g/mol. The lowest BCUT2D eigenvalue weighted by atomic mass is 9.98. The van der Waals surface area contributed by atoms with Gasteiger partial charge < -0.3 is 0 Å². The highest BCUT2D eigenvalue weighted by Gasteiger charge is 2.46. The van der Waals surface area contributed by atoms with Crippen molar-refractivity contribution in [1.82, 2.24) is 4.90 Å². The van der Waals surface area contributed by atoms with Crippen LogP contribution in [-0.2, 0) is 0 Å². The van der Waals surface area contributed by atoms with E-state index in [4.69, 9.17) is 5.26 Å². The fourth-order valence-corrected chi connectivity index (χ4v) is 3.57. The van der Waals surface area contributed by atoms with E-state index in [0.29, 0.717) is 12.5 Å². The molecule has 2 heterocycles. The van der Waals surface area contributed by atoms with Crippen molar-refractivity contribution >= 4 is 11.4 Å². The Kier molecular flexibility index (Phi) is 4.37. The molecule has 0 aromatic heterocycles. The number of anilines is 1. The van der Waals surface area contributed by atoms with Crippen molar-refractivity contribution in [3.63, 3.8) is 0 Å². The Morgan fingerprint density at radius 1 is 1.27 bits per heavy atom. The van der Waals surface area contributed by atoms with E-state index in [2.05, 4.69) is 27.6 Å². The molecular formula is C17H19N5. The number of piperidine rings is 1. The Morgan fingerprint density at radius 3 is 2.82 bits per heavy atom. The van der Waals surface area contributed by atoms with Crippen LogP contribution < -0.4 is 5.43 Å². The molecule has 1 aromatic rings. The Morgan fingerprint density at radius 2 is 2.09 bits per heavy atom. The van der Waals surface area contributed by atoms with Crippen molar-refractivity contribution in [1.29, 1.82) is 10.5 Å². The zero-order valence-corrected chi connectivity index (χ0v) is 12.4. The summed E-state index contributed by atoms with van der Waals surface area (Å²) in [5.74, 6) is 0.0631. The van der Waals surface area contributed by atoms with E-state index >= 15 is 0 Å². The van der Waals surface area contributed by atoms with Gasteiger partial charge in [-0.2, -0.15) is 15.6 Å². The molecule has 1 aromatic carbocycles. The van der Waals surface area contributed by atoms with Gasteiger partial charge in [-0.3, -0.25) is 10.3 Å². The summed E-state index contributed by atoms with van der Waals surface area (Å²) in [5.41, 5.74) is 5.20. The minimum Gasteiger partial charge on any atom is -0.290 e. The molecule has 3 unspecified atom stereocenters. The summed E-state index contributed by atoms with van der Waals surface area (Å²) in [7, 11) is 0. The highest BCUT2D eigenvalue weighted by molar-refractivity contribution is 5.91. The van der Waals surface area contributed by atoms with E-state index in [1.54, 1.807) is 0 Å². The van der Waals surface area contributed by atoms with Gasteiger partial charge in [0.1, 0.15) is 0 Å². The first-order chi connectivity index (χ1) is 10.8. The highest BCUT2D eigenvalue weighted by atomic mass is 15.3. The van der Waals surface area contributed by atoms with Crippen molar-refractivity contribution in [3.8, 4) is 12.1 Å². The molecule has 0 radical (unpaired) electrons. The highest BCUT2D eigenvalue weighted by Crippen LogP contribution is 2.38. The third-order valence-electron chi connectivity index (χ3n) is 4.60. The largest absolute Gasteiger partial charge is 0.290 e. The van der Waals surface area contributed by atoms with Crippen molar-refractivity contribution in [2.75, 3.05) is 12.0 Å². The SMILES string of the molecule is N#CCCN1C2CC(C#N)C1CCC2=NNc1ccccc1. The third-order valence-corrected chi connectivity index (χ3v) is 4.60. The van der Waals surface area contributed by atoms with E-state index in [0.717, 1.165) is 37.2 Å². The number of nitrogens with zero attached hydrogens (tertiary/aromatic N) is 4. The van der Waals surface area contributed by atoms with Crippen LogP contribution in [0.4, 0.5) is 5.69 Å². The van der Waals surface area contributed by atoms with Gasteiger partial charge in [0.15, 0.2) is 0 Å². The molecule has 2 fully saturated rings. The Bertz CT molecular complexity index is 625. The molecule has 2 aliphatic heterocycles. The maximum absolute atomic E-state index is 9.35. The van der Waals surface area contributed by atoms with Crippen LogP contribution in [-0.4, -0.2) is 29.2 Å². The third kappa shape index (κ3) is 2.81. The van der Waals surface area contributed by atoms with Gasteiger partial charge >= 0.3 is 0 Å². The Labute approximate surface area is 130 Å². The second-order valence-electron chi connectivity index (χ2n) is 5.82. The summed E-state index contributed by atoms with van der Waals surface area (Å²) in [5, 5.41) is 22.8. The molecule has 2 saturated heterocycles. The predicted octanol–water partition coefficient (Wildman–Crippen LogP) is 2.74. The van der Waals surface area contributed by atoms with Gasteiger partial charge in [0.25, 0.3) is 0 Å².